The summed E-state index contributed by atoms with van der Waals surface area (Å²) in [6.07, 6.45) is 26.1. The van der Waals surface area contributed by atoms with Crippen molar-refractivity contribution in [2.75, 3.05) is 27.4 Å². The van der Waals surface area contributed by atoms with Gasteiger partial charge < -0.3 is 28.8 Å². The van der Waals surface area contributed by atoms with Crippen LogP contribution in [0.2, 0.25) is 0 Å². The van der Waals surface area contributed by atoms with Crippen LogP contribution >= 0.6 is 0 Å². The molecule has 0 aromatic heterocycles. The topological polar surface area (TPSA) is 101 Å². The number of ether oxygens (including phenoxy) is 5. The van der Waals surface area contributed by atoms with Crippen molar-refractivity contribution < 1.29 is 38.4 Å². The molecule has 72 heavy (non-hydrogen) atoms. The van der Waals surface area contributed by atoms with Crippen molar-refractivity contribution in [1.82, 2.24) is 0 Å². The monoisotopic (exact) mass is 989 g/mol. The lowest BCUT2D eigenvalue weighted by Crippen LogP contribution is -2.51. The van der Waals surface area contributed by atoms with Gasteiger partial charge in [-0.05, 0) is 158 Å². The fourth-order valence-corrected chi connectivity index (χ4v) is 14.5. The van der Waals surface area contributed by atoms with Gasteiger partial charge in [0, 0.05) is 13.0 Å². The lowest BCUT2D eigenvalue weighted by Gasteiger charge is -2.58. The highest BCUT2D eigenvalue weighted by Crippen LogP contribution is 2.67. The number of fused-ring (bicyclic) bond motifs is 5. The molecule has 4 aliphatic carbocycles. The number of carboxylic acid groups (broad SMARTS) is 1. The first-order valence-corrected chi connectivity index (χ1v) is 28.5. The Morgan fingerprint density at radius 2 is 1.31 bits per heavy atom. The summed E-state index contributed by atoms with van der Waals surface area (Å²) in [5.41, 5.74) is 4.47. The summed E-state index contributed by atoms with van der Waals surface area (Å²) in [6.45, 7) is 13.9. The van der Waals surface area contributed by atoms with E-state index >= 15 is 0 Å². The highest BCUT2D eigenvalue weighted by Gasteiger charge is 2.59. The summed E-state index contributed by atoms with van der Waals surface area (Å²) in [5.74, 6) is 5.23. The Hall–Kier alpha value is -4.14. The number of rotatable bonds is 29. The first-order valence-electron chi connectivity index (χ1n) is 28.5. The minimum absolute atomic E-state index is 0.153. The van der Waals surface area contributed by atoms with Gasteiger partial charge in [0.2, 0.25) is 0 Å². The SMILES string of the molecule is COc1ccc(C(OCCC(CCCCCCCCCO[C@H]2CC[C@@]3(C)C(=CC[C@H]4[C@@H]5CC[C@H]([C@H](C)CCCC(C)C)[C@@]5(C)CC[C@@H]43)C2)OC(=O)CCC(=O)O)(c2ccccc2)c2ccc(OC)cc2)cc1. The molecule has 8 heteroatoms. The van der Waals surface area contributed by atoms with Crippen LogP contribution in [0.3, 0.4) is 0 Å². The van der Waals surface area contributed by atoms with Crippen molar-refractivity contribution in [3.63, 3.8) is 0 Å². The van der Waals surface area contributed by atoms with E-state index in [2.05, 4.69) is 52.8 Å². The van der Waals surface area contributed by atoms with Gasteiger partial charge in [-0.3, -0.25) is 9.59 Å². The van der Waals surface area contributed by atoms with Gasteiger partial charge in [0.15, 0.2) is 0 Å². The molecule has 4 aliphatic rings. The quantitative estimate of drug-likeness (QED) is 0.0318. The van der Waals surface area contributed by atoms with Gasteiger partial charge >= 0.3 is 11.9 Å². The summed E-state index contributed by atoms with van der Waals surface area (Å²) in [4.78, 5) is 24.2. The zero-order valence-corrected chi connectivity index (χ0v) is 45.5. The van der Waals surface area contributed by atoms with E-state index in [1.165, 1.54) is 83.5 Å². The smallest absolute Gasteiger partial charge is 0.306 e. The molecule has 0 bridgehead atoms. The Bertz CT molecular complexity index is 2100. The van der Waals surface area contributed by atoms with Crippen LogP contribution in [0, 0.1) is 46.3 Å². The van der Waals surface area contributed by atoms with E-state index in [4.69, 9.17) is 23.7 Å². The van der Waals surface area contributed by atoms with Crippen LogP contribution in [0.25, 0.3) is 0 Å². The molecule has 8 nitrogen and oxygen atoms in total. The number of esters is 1. The fraction of sp³-hybridized carbons (Fsp3) is 0.656. The van der Waals surface area contributed by atoms with Crippen molar-refractivity contribution >= 4 is 11.9 Å². The normalized spacial score (nSPS) is 25.7. The molecule has 396 valence electrons. The average Bonchev–Trinajstić information content (AvgIpc) is 3.75. The second-order valence-corrected chi connectivity index (χ2v) is 23.4. The van der Waals surface area contributed by atoms with Crippen LogP contribution in [0.5, 0.6) is 11.5 Å². The maximum Gasteiger partial charge on any atom is 0.306 e. The number of allylic oxidation sites excluding steroid dienone is 1. The predicted octanol–water partition coefficient (Wildman–Crippen LogP) is 15.7. The second kappa shape index (κ2) is 26.4. The molecule has 0 aliphatic heterocycles. The van der Waals surface area contributed by atoms with Crippen molar-refractivity contribution in [1.29, 1.82) is 0 Å². The van der Waals surface area contributed by atoms with Crippen molar-refractivity contribution in [2.45, 2.75) is 194 Å². The number of methoxy groups -OCH3 is 2. The Labute approximate surface area is 434 Å². The Morgan fingerprint density at radius 1 is 0.667 bits per heavy atom. The van der Waals surface area contributed by atoms with Crippen LogP contribution < -0.4 is 9.47 Å². The third kappa shape index (κ3) is 13.6. The molecule has 0 radical (unpaired) electrons. The van der Waals surface area contributed by atoms with E-state index in [1.807, 2.05) is 66.7 Å². The molecule has 1 unspecified atom stereocenters. The van der Waals surface area contributed by atoms with E-state index in [0.29, 0.717) is 36.4 Å². The highest BCUT2D eigenvalue weighted by atomic mass is 16.5. The van der Waals surface area contributed by atoms with Crippen molar-refractivity contribution in [2.24, 2.45) is 46.3 Å². The van der Waals surface area contributed by atoms with Gasteiger partial charge in [-0.15, -0.1) is 0 Å². The first-order chi connectivity index (χ1) is 34.8. The number of carbonyl (C=O) groups excluding carboxylic acids is 1. The minimum Gasteiger partial charge on any atom is -0.497 e. The lowest BCUT2D eigenvalue weighted by molar-refractivity contribution is -0.153. The summed E-state index contributed by atoms with van der Waals surface area (Å²) >= 11 is 0. The predicted molar refractivity (Wildman–Crippen MR) is 289 cm³/mol. The van der Waals surface area contributed by atoms with Crippen LogP contribution in [-0.2, 0) is 29.4 Å². The lowest BCUT2D eigenvalue weighted by atomic mass is 9.47. The maximum absolute atomic E-state index is 12.9. The van der Waals surface area contributed by atoms with E-state index in [0.717, 1.165) is 102 Å². The fourth-order valence-electron chi connectivity index (χ4n) is 14.5. The minimum atomic E-state index is -1.01. The third-order valence-electron chi connectivity index (χ3n) is 18.6. The molecular weight excluding hydrogens is 897 g/mol. The van der Waals surface area contributed by atoms with Crippen molar-refractivity contribution in [3.8, 4) is 11.5 Å². The number of carbonyl (C=O) groups is 2. The van der Waals surface area contributed by atoms with Gasteiger partial charge in [-0.25, -0.2) is 0 Å². The molecule has 0 amide bonds. The Morgan fingerprint density at radius 3 is 1.94 bits per heavy atom. The van der Waals surface area contributed by atoms with Gasteiger partial charge in [0.1, 0.15) is 23.2 Å². The van der Waals surface area contributed by atoms with E-state index in [1.54, 1.807) is 19.8 Å². The van der Waals surface area contributed by atoms with Crippen LogP contribution in [0.4, 0.5) is 0 Å². The first kappa shape index (κ1) is 55.6. The number of benzene rings is 3. The standard InChI is InChI=1S/C64H92O8/c1-46(2)19-18-20-47(3)57-34-35-58-56-33-28-51-45-55(38-41-62(51,4)59(56)39-42-63(57,58)5)70-43-17-12-10-8-9-11-16-23-54(72-61(67)37-36-60(65)66)40-44-71-64(48-21-14-13-15-22-48,49-24-29-52(68-6)30-25-49)50-26-31-53(69-7)32-27-50/h13-15,21-22,24-32,46-47,54-59H,8-12,16-20,23,33-45H2,1-7H3,(H,65,66)/t47-,54?,55+,56+,57-,58+,59+,62+,63-/m1/s1. The largest absolute Gasteiger partial charge is 0.497 e. The second-order valence-electron chi connectivity index (χ2n) is 23.4. The molecule has 7 rings (SSSR count). The van der Waals surface area contributed by atoms with Gasteiger partial charge in [-0.1, -0.05) is 152 Å². The molecule has 0 spiro atoms. The molecule has 3 saturated carbocycles. The summed E-state index contributed by atoms with van der Waals surface area (Å²) in [6, 6.07) is 26.1. The van der Waals surface area contributed by atoms with Gasteiger partial charge in [0.25, 0.3) is 0 Å². The number of hydrogen-bond donors (Lipinski definition) is 1. The van der Waals surface area contributed by atoms with Crippen molar-refractivity contribution in [3.05, 3.63) is 107 Å². The summed E-state index contributed by atoms with van der Waals surface area (Å²) in [5, 5.41) is 9.26. The molecule has 3 aromatic carbocycles. The number of unbranched alkanes of at least 4 members (excludes halogenated alkanes) is 6. The third-order valence-corrected chi connectivity index (χ3v) is 18.6. The Balaban J connectivity index is 0.851. The van der Waals surface area contributed by atoms with Crippen LogP contribution in [0.1, 0.15) is 193 Å². The van der Waals surface area contributed by atoms with E-state index in [9.17, 15) is 14.7 Å². The average molecular weight is 989 g/mol. The summed E-state index contributed by atoms with van der Waals surface area (Å²) < 4.78 is 30.7. The zero-order chi connectivity index (χ0) is 51.1. The van der Waals surface area contributed by atoms with E-state index in [-0.39, 0.29) is 12.8 Å². The van der Waals surface area contributed by atoms with Gasteiger partial charge in [0.05, 0.1) is 39.8 Å². The molecule has 3 aromatic rings. The molecular formula is C64H92O8. The molecule has 9 atom stereocenters. The van der Waals surface area contributed by atoms with Crippen LogP contribution in [-0.4, -0.2) is 56.7 Å². The molecule has 0 saturated heterocycles. The Kier molecular flexibility index (Phi) is 20.4. The number of aliphatic carboxylic acids is 1. The number of hydrogen-bond acceptors (Lipinski definition) is 7. The van der Waals surface area contributed by atoms with Crippen LogP contribution in [0.15, 0.2) is 90.5 Å². The highest BCUT2D eigenvalue weighted by molar-refractivity contribution is 5.76. The number of carboxylic acids is 1. The molecule has 3 fully saturated rings. The zero-order valence-electron chi connectivity index (χ0n) is 45.5. The van der Waals surface area contributed by atoms with E-state index < -0.39 is 23.6 Å². The molecule has 1 N–H and O–H groups in total. The maximum atomic E-state index is 12.9. The summed E-state index contributed by atoms with van der Waals surface area (Å²) in [7, 11) is 3.31. The van der Waals surface area contributed by atoms with Gasteiger partial charge in [-0.2, -0.15) is 0 Å². The molecule has 0 heterocycles.